The highest BCUT2D eigenvalue weighted by Gasteiger charge is 2.25. The monoisotopic (exact) mass is 477 g/mol. The Bertz CT molecular complexity index is 1270. The molecule has 1 aliphatic heterocycles. The van der Waals surface area contributed by atoms with Crippen molar-refractivity contribution in [3.05, 3.63) is 70.6 Å². The van der Waals surface area contributed by atoms with Crippen LogP contribution < -0.4 is 16.0 Å². The van der Waals surface area contributed by atoms with Crippen LogP contribution >= 0.6 is 11.8 Å². The zero-order valence-electron chi connectivity index (χ0n) is 18.4. The smallest absolute Gasteiger partial charge is 0.290 e. The van der Waals surface area contributed by atoms with Gasteiger partial charge in [0.2, 0.25) is 5.95 Å². The van der Waals surface area contributed by atoms with E-state index in [1.54, 1.807) is 24.4 Å². The third-order valence-electron chi connectivity index (χ3n) is 6.20. The minimum absolute atomic E-state index is 0.188. The fourth-order valence-corrected chi connectivity index (χ4v) is 5.10. The second kappa shape index (κ2) is 9.90. The van der Waals surface area contributed by atoms with E-state index in [2.05, 4.69) is 25.9 Å². The highest BCUT2D eigenvalue weighted by Crippen LogP contribution is 2.26. The SMILES string of the molecule is O=C1NC(=O)/C(=C\c2ccnc(NC3CCC(NCc4ccc(F)c5ccccc45)CC3)n2)S1. The summed E-state index contributed by atoms with van der Waals surface area (Å²) in [6.45, 7) is 0.706. The predicted molar refractivity (Wildman–Crippen MR) is 132 cm³/mol. The number of carbonyl (C=O) groups is 2. The number of nitrogens with zero attached hydrogens (tertiary/aromatic N) is 2. The van der Waals surface area contributed by atoms with E-state index in [9.17, 15) is 14.0 Å². The van der Waals surface area contributed by atoms with Crippen molar-refractivity contribution in [2.75, 3.05) is 5.32 Å². The molecule has 2 aliphatic rings. The van der Waals surface area contributed by atoms with Gasteiger partial charge in [-0.1, -0.05) is 30.3 Å². The first-order valence-corrected chi connectivity index (χ1v) is 12.1. The van der Waals surface area contributed by atoms with Crippen molar-refractivity contribution in [1.82, 2.24) is 20.6 Å². The molecule has 2 aromatic carbocycles. The maximum atomic E-state index is 14.1. The molecule has 1 aromatic heterocycles. The van der Waals surface area contributed by atoms with E-state index in [1.165, 1.54) is 0 Å². The molecule has 5 rings (SSSR count). The van der Waals surface area contributed by atoms with Crippen LogP contribution in [-0.4, -0.2) is 33.2 Å². The Kier molecular flexibility index (Phi) is 6.55. The van der Waals surface area contributed by atoms with Gasteiger partial charge >= 0.3 is 0 Å². The predicted octanol–water partition coefficient (Wildman–Crippen LogP) is 4.61. The molecule has 2 heterocycles. The van der Waals surface area contributed by atoms with Gasteiger partial charge in [-0.15, -0.1) is 0 Å². The molecule has 34 heavy (non-hydrogen) atoms. The summed E-state index contributed by atoms with van der Waals surface area (Å²) in [6.07, 6.45) is 7.21. The van der Waals surface area contributed by atoms with Crippen molar-refractivity contribution < 1.29 is 14.0 Å². The van der Waals surface area contributed by atoms with Crippen molar-refractivity contribution in [3.8, 4) is 0 Å². The summed E-state index contributed by atoms with van der Waals surface area (Å²) in [5.41, 5.74) is 1.68. The van der Waals surface area contributed by atoms with Crippen LogP contribution in [0.3, 0.4) is 0 Å². The molecule has 0 bridgehead atoms. The van der Waals surface area contributed by atoms with Gasteiger partial charge in [0.25, 0.3) is 11.1 Å². The topological polar surface area (TPSA) is 96.0 Å². The van der Waals surface area contributed by atoms with Crippen molar-refractivity contribution in [1.29, 1.82) is 0 Å². The molecular weight excluding hydrogens is 453 g/mol. The number of hydrogen-bond donors (Lipinski definition) is 3. The first kappa shape index (κ1) is 22.5. The zero-order valence-corrected chi connectivity index (χ0v) is 19.2. The molecule has 3 N–H and O–H groups in total. The second-order valence-corrected chi connectivity index (χ2v) is 9.50. The van der Waals surface area contributed by atoms with Crippen LogP contribution in [0.2, 0.25) is 0 Å². The van der Waals surface area contributed by atoms with E-state index < -0.39 is 5.91 Å². The van der Waals surface area contributed by atoms with Gasteiger partial charge in [-0.25, -0.2) is 14.4 Å². The Balaban J connectivity index is 1.15. The third kappa shape index (κ3) is 5.10. The standard InChI is InChI=1S/C25H24FN5O2S/c26-21-10-5-15(19-3-1-2-4-20(19)21)14-28-16-6-8-17(9-7-16)29-24-27-12-11-18(30-24)13-22-23(32)31-25(33)34-22/h1-5,10-13,16-17,28H,6-9,14H2,(H,27,29,30)(H,31,32,33)/b22-13+. The molecule has 1 aliphatic carbocycles. The van der Waals surface area contributed by atoms with Gasteiger partial charge in [-0.3, -0.25) is 14.9 Å². The van der Waals surface area contributed by atoms with Crippen LogP contribution in [0.5, 0.6) is 0 Å². The number of benzene rings is 2. The quantitative estimate of drug-likeness (QED) is 0.446. The number of halogens is 1. The van der Waals surface area contributed by atoms with Crippen molar-refractivity contribution >= 4 is 45.7 Å². The number of hydrogen-bond acceptors (Lipinski definition) is 7. The number of thioether (sulfide) groups is 1. The van der Waals surface area contributed by atoms with Gasteiger partial charge in [0.1, 0.15) is 5.82 Å². The molecule has 174 valence electrons. The molecule has 9 heteroatoms. The van der Waals surface area contributed by atoms with Crippen molar-refractivity contribution in [2.45, 2.75) is 44.3 Å². The zero-order chi connectivity index (χ0) is 23.5. The Labute approximate surface area is 200 Å². The molecule has 2 amide bonds. The van der Waals surface area contributed by atoms with Crippen molar-refractivity contribution in [3.63, 3.8) is 0 Å². The summed E-state index contributed by atoms with van der Waals surface area (Å²) in [5, 5.41) is 10.5. The number of carbonyl (C=O) groups excluding carboxylic acids is 2. The number of aromatic nitrogens is 2. The molecule has 3 aromatic rings. The van der Waals surface area contributed by atoms with Gasteiger partial charge < -0.3 is 10.6 Å². The van der Waals surface area contributed by atoms with Crippen LogP contribution in [0.25, 0.3) is 16.8 Å². The molecule has 0 spiro atoms. The lowest BCUT2D eigenvalue weighted by molar-refractivity contribution is -0.115. The second-order valence-electron chi connectivity index (χ2n) is 8.48. The number of rotatable bonds is 6. The third-order valence-corrected chi connectivity index (χ3v) is 7.01. The fourth-order valence-electron chi connectivity index (χ4n) is 4.44. The van der Waals surface area contributed by atoms with Gasteiger partial charge in [0, 0.05) is 30.2 Å². The molecule has 0 atom stereocenters. The van der Waals surface area contributed by atoms with E-state index in [0.717, 1.165) is 48.4 Å². The highest BCUT2D eigenvalue weighted by molar-refractivity contribution is 8.18. The minimum atomic E-state index is -0.400. The summed E-state index contributed by atoms with van der Waals surface area (Å²) in [7, 11) is 0. The van der Waals surface area contributed by atoms with Gasteiger partial charge in [0.15, 0.2) is 0 Å². The van der Waals surface area contributed by atoms with Gasteiger partial charge in [-0.05, 0) is 66.6 Å². The lowest BCUT2D eigenvalue weighted by Gasteiger charge is -2.30. The highest BCUT2D eigenvalue weighted by atomic mass is 32.2. The number of imide groups is 1. The van der Waals surface area contributed by atoms with E-state index in [1.807, 2.05) is 30.3 Å². The average Bonchev–Trinajstić information content (AvgIpc) is 3.16. The number of amides is 2. The van der Waals surface area contributed by atoms with E-state index in [-0.39, 0.29) is 17.1 Å². The molecule has 1 saturated carbocycles. The largest absolute Gasteiger partial charge is 0.351 e. The Morgan fingerprint density at radius 2 is 1.79 bits per heavy atom. The van der Waals surface area contributed by atoms with Crippen molar-refractivity contribution in [2.24, 2.45) is 0 Å². The lowest BCUT2D eigenvalue weighted by Crippen LogP contribution is -2.37. The van der Waals surface area contributed by atoms with Crippen LogP contribution in [0.15, 0.2) is 53.6 Å². The van der Waals surface area contributed by atoms with E-state index in [0.29, 0.717) is 34.5 Å². The van der Waals surface area contributed by atoms with Crippen LogP contribution in [0.1, 0.15) is 36.9 Å². The normalized spacial score (nSPS) is 21.7. The maximum absolute atomic E-state index is 14.1. The molecule has 0 radical (unpaired) electrons. The van der Waals surface area contributed by atoms with E-state index >= 15 is 0 Å². The van der Waals surface area contributed by atoms with Gasteiger partial charge in [0.05, 0.1) is 10.6 Å². The Morgan fingerprint density at radius 1 is 1.03 bits per heavy atom. The molecule has 2 fully saturated rings. The first-order chi connectivity index (χ1) is 16.5. The molecule has 0 unspecified atom stereocenters. The summed E-state index contributed by atoms with van der Waals surface area (Å²) < 4.78 is 14.1. The maximum Gasteiger partial charge on any atom is 0.290 e. The number of nitrogens with one attached hydrogen (secondary N) is 3. The number of anilines is 1. The number of fused-ring (bicyclic) bond motifs is 1. The lowest BCUT2D eigenvalue weighted by atomic mass is 9.91. The first-order valence-electron chi connectivity index (χ1n) is 11.3. The Morgan fingerprint density at radius 3 is 2.56 bits per heavy atom. The fraction of sp³-hybridized carbons (Fsp3) is 0.280. The summed E-state index contributed by atoms with van der Waals surface area (Å²) in [5.74, 6) is -0.0759. The minimum Gasteiger partial charge on any atom is -0.351 e. The van der Waals surface area contributed by atoms with E-state index in [4.69, 9.17) is 0 Å². The molecule has 1 saturated heterocycles. The molecule has 7 nitrogen and oxygen atoms in total. The molecular formula is C25H24FN5O2S. The van der Waals surface area contributed by atoms with Crippen LogP contribution in [-0.2, 0) is 11.3 Å². The average molecular weight is 478 g/mol. The van der Waals surface area contributed by atoms with Gasteiger partial charge in [-0.2, -0.15) is 0 Å². The van der Waals surface area contributed by atoms with Crippen LogP contribution in [0.4, 0.5) is 15.1 Å². The summed E-state index contributed by atoms with van der Waals surface area (Å²) in [4.78, 5) is 32.2. The summed E-state index contributed by atoms with van der Waals surface area (Å²) in [6, 6.07) is 13.4. The Hall–Kier alpha value is -3.30. The van der Waals surface area contributed by atoms with Crippen LogP contribution in [0, 0.1) is 5.82 Å². The summed E-state index contributed by atoms with van der Waals surface area (Å²) >= 11 is 0.870.